The van der Waals surface area contributed by atoms with Gasteiger partial charge < -0.3 is 10.3 Å². The van der Waals surface area contributed by atoms with Crippen molar-refractivity contribution in [3.8, 4) is 11.1 Å². The molecule has 0 spiro atoms. The third-order valence-electron chi connectivity index (χ3n) is 4.18. The van der Waals surface area contributed by atoms with Crippen molar-refractivity contribution >= 4 is 17.4 Å². The Morgan fingerprint density at radius 2 is 1.86 bits per heavy atom. The Balaban J connectivity index is 2.08. The molecule has 0 bridgehead atoms. The van der Waals surface area contributed by atoms with Crippen molar-refractivity contribution in [2.24, 2.45) is 0 Å². The molecule has 1 saturated carbocycles. The molecule has 1 fully saturated rings. The molecule has 1 aliphatic carbocycles. The van der Waals surface area contributed by atoms with Gasteiger partial charge in [0, 0.05) is 11.5 Å². The zero-order valence-electron chi connectivity index (χ0n) is 11.7. The molecule has 1 aromatic heterocycles. The lowest BCUT2D eigenvalue weighted by atomic mass is 9.92. The average molecular weight is 309 g/mol. The minimum absolute atomic E-state index is 0.209. The Morgan fingerprint density at radius 1 is 1.14 bits per heavy atom. The number of nitrogens with two attached hydrogens (primary N) is 1. The van der Waals surface area contributed by atoms with Gasteiger partial charge in [0.25, 0.3) is 0 Å². The van der Waals surface area contributed by atoms with E-state index in [-0.39, 0.29) is 11.7 Å². The molecule has 112 valence electrons. The Bertz CT molecular complexity index is 613. The highest BCUT2D eigenvalue weighted by Crippen LogP contribution is 2.43. The molecular weight excluding hydrogens is 291 g/mol. The van der Waals surface area contributed by atoms with Crippen molar-refractivity contribution in [1.82, 2.24) is 5.16 Å². The summed E-state index contributed by atoms with van der Waals surface area (Å²) in [6.07, 6.45) is 6.80. The second-order valence-electron chi connectivity index (χ2n) is 5.59. The van der Waals surface area contributed by atoms with E-state index in [4.69, 9.17) is 21.9 Å². The first-order chi connectivity index (χ1) is 10.2. The quantitative estimate of drug-likeness (QED) is 0.780. The van der Waals surface area contributed by atoms with Gasteiger partial charge in [0.15, 0.2) is 5.82 Å². The lowest BCUT2D eigenvalue weighted by Gasteiger charge is -2.13. The van der Waals surface area contributed by atoms with E-state index in [0.29, 0.717) is 21.9 Å². The molecular formula is C16H18ClFN2O. The summed E-state index contributed by atoms with van der Waals surface area (Å²) < 4.78 is 19.7. The summed E-state index contributed by atoms with van der Waals surface area (Å²) in [6.45, 7) is 0. The number of benzene rings is 1. The van der Waals surface area contributed by atoms with Crippen LogP contribution in [0.2, 0.25) is 5.02 Å². The topological polar surface area (TPSA) is 52.0 Å². The van der Waals surface area contributed by atoms with Crippen LogP contribution in [0.1, 0.15) is 50.2 Å². The highest BCUT2D eigenvalue weighted by atomic mass is 35.5. The molecule has 2 aromatic rings. The smallest absolute Gasteiger partial charge is 0.175 e. The fourth-order valence-corrected chi connectivity index (χ4v) is 3.38. The molecule has 0 radical (unpaired) electrons. The lowest BCUT2D eigenvalue weighted by Crippen LogP contribution is -2.00. The number of rotatable bonds is 2. The van der Waals surface area contributed by atoms with Gasteiger partial charge in [-0.2, -0.15) is 0 Å². The van der Waals surface area contributed by atoms with E-state index in [1.165, 1.54) is 18.9 Å². The number of aromatic nitrogens is 1. The molecule has 0 atom stereocenters. The summed E-state index contributed by atoms with van der Waals surface area (Å²) >= 11 is 6.17. The molecule has 21 heavy (non-hydrogen) atoms. The maximum absolute atomic E-state index is 14.2. The van der Waals surface area contributed by atoms with Gasteiger partial charge in [0.2, 0.25) is 0 Å². The van der Waals surface area contributed by atoms with Crippen LogP contribution in [0.4, 0.5) is 10.2 Å². The van der Waals surface area contributed by atoms with Crippen LogP contribution < -0.4 is 5.73 Å². The molecule has 5 heteroatoms. The Kier molecular flexibility index (Phi) is 4.15. The summed E-state index contributed by atoms with van der Waals surface area (Å²) in [7, 11) is 0. The molecule has 0 aliphatic heterocycles. The van der Waals surface area contributed by atoms with Gasteiger partial charge in [0.05, 0.1) is 10.6 Å². The van der Waals surface area contributed by atoms with E-state index in [2.05, 4.69) is 5.16 Å². The first-order valence-electron chi connectivity index (χ1n) is 7.38. The minimum atomic E-state index is -0.396. The van der Waals surface area contributed by atoms with Crippen molar-refractivity contribution in [1.29, 1.82) is 0 Å². The van der Waals surface area contributed by atoms with Gasteiger partial charge in [-0.3, -0.25) is 0 Å². The van der Waals surface area contributed by atoms with E-state index in [0.717, 1.165) is 25.7 Å². The Labute approximate surface area is 128 Å². The van der Waals surface area contributed by atoms with Crippen molar-refractivity contribution < 1.29 is 8.91 Å². The van der Waals surface area contributed by atoms with E-state index in [9.17, 15) is 4.39 Å². The van der Waals surface area contributed by atoms with Gasteiger partial charge in [-0.15, -0.1) is 0 Å². The normalized spacial score (nSPS) is 16.9. The van der Waals surface area contributed by atoms with Crippen molar-refractivity contribution in [3.05, 3.63) is 34.8 Å². The van der Waals surface area contributed by atoms with Crippen molar-refractivity contribution in [2.75, 3.05) is 5.73 Å². The SMILES string of the molecule is Nc1noc(C2CCCCCC2)c1-c1c(F)cccc1Cl. The van der Waals surface area contributed by atoms with Crippen LogP contribution in [0.3, 0.4) is 0 Å². The van der Waals surface area contributed by atoms with Crippen LogP contribution in [0, 0.1) is 5.82 Å². The van der Waals surface area contributed by atoms with Gasteiger partial charge in [0.1, 0.15) is 11.6 Å². The average Bonchev–Trinajstić information content (AvgIpc) is 2.68. The Morgan fingerprint density at radius 3 is 2.52 bits per heavy atom. The maximum Gasteiger partial charge on any atom is 0.175 e. The largest absolute Gasteiger partial charge is 0.380 e. The number of nitrogens with zero attached hydrogens (tertiary/aromatic N) is 1. The predicted octanol–water partition coefficient (Wildman–Crippen LogP) is 5.15. The molecule has 2 N–H and O–H groups in total. The number of hydrogen-bond acceptors (Lipinski definition) is 3. The zero-order valence-corrected chi connectivity index (χ0v) is 12.5. The third-order valence-corrected chi connectivity index (χ3v) is 4.50. The summed E-state index contributed by atoms with van der Waals surface area (Å²) in [5.74, 6) is 0.734. The molecule has 1 aliphatic rings. The van der Waals surface area contributed by atoms with Crippen LogP contribution >= 0.6 is 11.6 Å². The summed E-state index contributed by atoms with van der Waals surface area (Å²) in [6, 6.07) is 4.62. The van der Waals surface area contributed by atoms with Crippen LogP contribution in [-0.2, 0) is 0 Å². The minimum Gasteiger partial charge on any atom is -0.380 e. The van der Waals surface area contributed by atoms with Crippen LogP contribution in [0.5, 0.6) is 0 Å². The van der Waals surface area contributed by atoms with Gasteiger partial charge in [-0.1, -0.05) is 48.5 Å². The molecule has 3 rings (SSSR count). The molecule has 1 heterocycles. The van der Waals surface area contributed by atoms with Crippen molar-refractivity contribution in [2.45, 2.75) is 44.4 Å². The molecule has 1 aromatic carbocycles. The zero-order chi connectivity index (χ0) is 14.8. The highest BCUT2D eigenvalue weighted by molar-refractivity contribution is 6.33. The van der Waals surface area contributed by atoms with E-state index < -0.39 is 5.82 Å². The monoisotopic (exact) mass is 308 g/mol. The fourth-order valence-electron chi connectivity index (χ4n) is 3.12. The first-order valence-corrected chi connectivity index (χ1v) is 7.75. The van der Waals surface area contributed by atoms with Gasteiger partial charge >= 0.3 is 0 Å². The fraction of sp³-hybridized carbons (Fsp3) is 0.438. The number of hydrogen-bond donors (Lipinski definition) is 1. The second kappa shape index (κ2) is 6.06. The number of anilines is 1. The maximum atomic E-state index is 14.2. The lowest BCUT2D eigenvalue weighted by molar-refractivity contribution is 0.350. The molecule has 0 amide bonds. The molecule has 3 nitrogen and oxygen atoms in total. The van der Waals surface area contributed by atoms with E-state index in [1.807, 2.05) is 0 Å². The Hall–Kier alpha value is -1.55. The van der Waals surface area contributed by atoms with Crippen LogP contribution in [-0.4, -0.2) is 5.16 Å². The second-order valence-corrected chi connectivity index (χ2v) is 6.00. The third kappa shape index (κ3) is 2.77. The van der Waals surface area contributed by atoms with E-state index in [1.54, 1.807) is 12.1 Å². The van der Waals surface area contributed by atoms with Crippen molar-refractivity contribution in [3.63, 3.8) is 0 Å². The highest BCUT2D eigenvalue weighted by Gasteiger charge is 2.27. The molecule has 0 unspecified atom stereocenters. The molecule has 0 saturated heterocycles. The first kappa shape index (κ1) is 14.4. The van der Waals surface area contributed by atoms with Crippen LogP contribution in [0.15, 0.2) is 22.7 Å². The number of halogens is 2. The van der Waals surface area contributed by atoms with Gasteiger partial charge in [-0.05, 0) is 25.0 Å². The standard InChI is InChI=1S/C16H18ClFN2O/c17-11-8-5-9-12(18)13(11)14-15(21-20-16(14)19)10-6-3-1-2-4-7-10/h5,8-10H,1-4,6-7H2,(H2,19,20). The summed E-state index contributed by atoms with van der Waals surface area (Å²) in [5.41, 5.74) is 6.76. The number of nitrogen functional groups attached to an aromatic ring is 1. The van der Waals surface area contributed by atoms with E-state index >= 15 is 0 Å². The summed E-state index contributed by atoms with van der Waals surface area (Å²) in [5, 5.41) is 4.19. The van der Waals surface area contributed by atoms with Crippen LogP contribution in [0.25, 0.3) is 11.1 Å². The van der Waals surface area contributed by atoms with Gasteiger partial charge in [-0.25, -0.2) is 4.39 Å². The summed E-state index contributed by atoms with van der Waals surface area (Å²) in [4.78, 5) is 0. The predicted molar refractivity (Wildman–Crippen MR) is 81.8 cm³/mol.